The minimum absolute atomic E-state index is 0.0155. The van der Waals surface area contributed by atoms with E-state index in [1.807, 2.05) is 0 Å². The van der Waals surface area contributed by atoms with E-state index in [-0.39, 0.29) is 11.3 Å². The number of nitrogens with two attached hydrogens (primary N) is 2. The molecule has 5 N–H and O–H groups in total. The summed E-state index contributed by atoms with van der Waals surface area (Å²) >= 11 is 0. The molecule has 0 saturated heterocycles. The van der Waals surface area contributed by atoms with Gasteiger partial charge in [0.2, 0.25) is 5.91 Å². The first-order valence-electron chi connectivity index (χ1n) is 7.44. The van der Waals surface area contributed by atoms with Crippen LogP contribution >= 0.6 is 0 Å². The SMILES string of the molecule is NC(=O)CC1(CN=C(N)NC2CCCCCC2)CC1. The number of amides is 1. The Bertz CT molecular complexity index is 341. The van der Waals surface area contributed by atoms with Gasteiger partial charge < -0.3 is 16.8 Å². The van der Waals surface area contributed by atoms with Crippen molar-refractivity contribution in [1.82, 2.24) is 5.32 Å². The van der Waals surface area contributed by atoms with Gasteiger partial charge in [0.05, 0.1) is 0 Å². The summed E-state index contributed by atoms with van der Waals surface area (Å²) in [5.41, 5.74) is 11.2. The molecule has 0 spiro atoms. The molecule has 2 fully saturated rings. The van der Waals surface area contributed by atoms with Crippen molar-refractivity contribution in [3.05, 3.63) is 0 Å². The van der Waals surface area contributed by atoms with E-state index in [0.717, 1.165) is 12.8 Å². The Morgan fingerprint density at radius 1 is 1.16 bits per heavy atom. The molecule has 0 bridgehead atoms. The first-order chi connectivity index (χ1) is 9.10. The van der Waals surface area contributed by atoms with E-state index in [1.54, 1.807) is 0 Å². The molecule has 108 valence electrons. The van der Waals surface area contributed by atoms with Crippen molar-refractivity contribution >= 4 is 11.9 Å². The van der Waals surface area contributed by atoms with E-state index in [4.69, 9.17) is 11.5 Å². The average molecular weight is 266 g/mol. The van der Waals surface area contributed by atoms with Gasteiger partial charge in [-0.05, 0) is 31.1 Å². The number of nitrogens with one attached hydrogen (secondary N) is 1. The molecular formula is C14H26N4O. The highest BCUT2D eigenvalue weighted by molar-refractivity contribution is 5.78. The highest BCUT2D eigenvalue weighted by Gasteiger charge is 2.43. The molecule has 0 radical (unpaired) electrons. The lowest BCUT2D eigenvalue weighted by molar-refractivity contribution is -0.119. The topological polar surface area (TPSA) is 93.5 Å². The van der Waals surface area contributed by atoms with Crippen LogP contribution in [0.15, 0.2) is 4.99 Å². The van der Waals surface area contributed by atoms with E-state index >= 15 is 0 Å². The first-order valence-corrected chi connectivity index (χ1v) is 7.44. The van der Waals surface area contributed by atoms with Crippen LogP contribution in [-0.4, -0.2) is 24.5 Å². The molecule has 5 heteroatoms. The number of rotatable bonds is 5. The normalized spacial score (nSPS) is 23.7. The van der Waals surface area contributed by atoms with E-state index in [2.05, 4.69) is 10.3 Å². The molecule has 0 aliphatic heterocycles. The summed E-state index contributed by atoms with van der Waals surface area (Å²) in [6, 6.07) is 0.470. The van der Waals surface area contributed by atoms with Crippen LogP contribution in [0.5, 0.6) is 0 Å². The van der Waals surface area contributed by atoms with Crippen LogP contribution in [0.25, 0.3) is 0 Å². The second kappa shape index (κ2) is 6.26. The summed E-state index contributed by atoms with van der Waals surface area (Å²) in [5, 5.41) is 3.32. The van der Waals surface area contributed by atoms with Crippen LogP contribution in [0.3, 0.4) is 0 Å². The summed E-state index contributed by atoms with van der Waals surface area (Å²) in [4.78, 5) is 15.4. The van der Waals surface area contributed by atoms with E-state index < -0.39 is 0 Å². The molecule has 2 saturated carbocycles. The van der Waals surface area contributed by atoms with Crippen molar-refractivity contribution in [2.75, 3.05) is 6.54 Å². The largest absolute Gasteiger partial charge is 0.370 e. The smallest absolute Gasteiger partial charge is 0.218 e. The van der Waals surface area contributed by atoms with E-state index in [9.17, 15) is 4.79 Å². The Balaban J connectivity index is 1.77. The second-order valence-electron chi connectivity index (χ2n) is 6.18. The fraction of sp³-hybridized carbons (Fsp3) is 0.857. The van der Waals surface area contributed by atoms with Gasteiger partial charge in [-0.25, -0.2) is 0 Å². The van der Waals surface area contributed by atoms with Crippen molar-refractivity contribution in [3.8, 4) is 0 Å². The molecule has 2 aliphatic rings. The number of hydrogen-bond acceptors (Lipinski definition) is 2. The Morgan fingerprint density at radius 2 is 1.79 bits per heavy atom. The average Bonchev–Trinajstić information content (AvgIpc) is 3.12. The number of carbonyl (C=O) groups excluding carboxylic acids is 1. The minimum atomic E-state index is -0.233. The molecule has 1 amide bonds. The van der Waals surface area contributed by atoms with Gasteiger partial charge in [-0.3, -0.25) is 9.79 Å². The van der Waals surface area contributed by atoms with Gasteiger partial charge in [0.1, 0.15) is 0 Å². The summed E-state index contributed by atoms with van der Waals surface area (Å²) in [5.74, 6) is 0.297. The Kier molecular flexibility index (Phi) is 4.66. The fourth-order valence-corrected chi connectivity index (χ4v) is 2.87. The second-order valence-corrected chi connectivity index (χ2v) is 6.18. The lowest BCUT2D eigenvalue weighted by Crippen LogP contribution is -2.40. The number of carbonyl (C=O) groups is 1. The molecule has 0 atom stereocenters. The van der Waals surface area contributed by atoms with Crippen LogP contribution in [0.2, 0.25) is 0 Å². The summed E-state index contributed by atoms with van der Waals surface area (Å²) < 4.78 is 0. The first kappa shape index (κ1) is 14.2. The molecule has 0 aromatic carbocycles. The molecule has 0 aromatic rings. The minimum Gasteiger partial charge on any atom is -0.370 e. The van der Waals surface area contributed by atoms with Crippen molar-refractivity contribution in [2.24, 2.45) is 21.9 Å². The summed E-state index contributed by atoms with van der Waals surface area (Å²) in [6.45, 7) is 0.626. The predicted octanol–water partition coefficient (Wildman–Crippen LogP) is 1.27. The predicted molar refractivity (Wildman–Crippen MR) is 76.6 cm³/mol. The van der Waals surface area contributed by atoms with Crippen LogP contribution in [0, 0.1) is 5.41 Å². The highest BCUT2D eigenvalue weighted by Crippen LogP contribution is 2.48. The van der Waals surface area contributed by atoms with Gasteiger partial charge in [0.15, 0.2) is 5.96 Å². The van der Waals surface area contributed by atoms with Gasteiger partial charge in [0.25, 0.3) is 0 Å². The van der Waals surface area contributed by atoms with Gasteiger partial charge in [0, 0.05) is 19.0 Å². The number of hydrogen-bond donors (Lipinski definition) is 3. The Morgan fingerprint density at radius 3 is 2.32 bits per heavy atom. The monoisotopic (exact) mass is 266 g/mol. The third-order valence-corrected chi connectivity index (χ3v) is 4.30. The zero-order valence-electron chi connectivity index (χ0n) is 11.7. The number of nitrogens with zero attached hydrogens (tertiary/aromatic N) is 1. The quantitative estimate of drug-likeness (QED) is 0.397. The molecular weight excluding hydrogens is 240 g/mol. The van der Waals surface area contributed by atoms with Gasteiger partial charge >= 0.3 is 0 Å². The Labute approximate surface area is 115 Å². The molecule has 0 heterocycles. The van der Waals surface area contributed by atoms with E-state index in [1.165, 1.54) is 38.5 Å². The van der Waals surface area contributed by atoms with Crippen LogP contribution in [0.4, 0.5) is 0 Å². The number of primary amides is 1. The maximum absolute atomic E-state index is 11.0. The van der Waals surface area contributed by atoms with Gasteiger partial charge in [-0.15, -0.1) is 0 Å². The summed E-state index contributed by atoms with van der Waals surface area (Å²) in [7, 11) is 0. The fourth-order valence-electron chi connectivity index (χ4n) is 2.87. The maximum Gasteiger partial charge on any atom is 0.218 e. The van der Waals surface area contributed by atoms with Crippen LogP contribution in [0.1, 0.15) is 57.8 Å². The van der Waals surface area contributed by atoms with Crippen molar-refractivity contribution in [1.29, 1.82) is 0 Å². The maximum atomic E-state index is 11.0. The van der Waals surface area contributed by atoms with Gasteiger partial charge in [-0.2, -0.15) is 0 Å². The third-order valence-electron chi connectivity index (χ3n) is 4.30. The number of aliphatic imine (C=N–C) groups is 1. The zero-order valence-corrected chi connectivity index (χ0v) is 11.7. The third kappa shape index (κ3) is 4.73. The lowest BCUT2D eigenvalue weighted by atomic mass is 10.0. The summed E-state index contributed by atoms with van der Waals surface area (Å²) in [6.07, 6.45) is 10.1. The highest BCUT2D eigenvalue weighted by atomic mass is 16.1. The van der Waals surface area contributed by atoms with Crippen molar-refractivity contribution < 1.29 is 4.79 Å². The molecule has 2 aliphatic carbocycles. The number of guanidine groups is 1. The molecule has 5 nitrogen and oxygen atoms in total. The van der Waals surface area contributed by atoms with E-state index in [0.29, 0.717) is 25.0 Å². The Hall–Kier alpha value is -1.26. The molecule has 0 aromatic heterocycles. The van der Waals surface area contributed by atoms with Crippen molar-refractivity contribution in [3.63, 3.8) is 0 Å². The standard InChI is InChI=1S/C14H26N4O/c15-12(19)9-14(7-8-14)10-17-13(16)18-11-5-3-1-2-4-6-11/h11H,1-10H2,(H2,15,19)(H3,16,17,18). The van der Waals surface area contributed by atoms with Crippen LogP contribution < -0.4 is 16.8 Å². The van der Waals surface area contributed by atoms with Crippen LogP contribution in [-0.2, 0) is 4.79 Å². The molecule has 2 rings (SSSR count). The van der Waals surface area contributed by atoms with Gasteiger partial charge in [-0.1, -0.05) is 25.7 Å². The molecule has 0 unspecified atom stereocenters. The van der Waals surface area contributed by atoms with Crippen molar-refractivity contribution in [2.45, 2.75) is 63.8 Å². The zero-order chi connectivity index (χ0) is 13.7. The molecule has 19 heavy (non-hydrogen) atoms. The lowest BCUT2D eigenvalue weighted by Gasteiger charge is -2.17.